The third-order valence-corrected chi connectivity index (χ3v) is 3.67. The van der Waals surface area contributed by atoms with Crippen LogP contribution in [0, 0.1) is 0 Å². The number of amides is 1. The molecule has 1 aliphatic rings. The van der Waals surface area contributed by atoms with Gasteiger partial charge in [0.15, 0.2) is 11.5 Å². The Balaban J connectivity index is 2.12. The van der Waals surface area contributed by atoms with E-state index >= 15 is 0 Å². The lowest BCUT2D eigenvalue weighted by Crippen LogP contribution is -2.28. The molecule has 0 fully saturated rings. The summed E-state index contributed by atoms with van der Waals surface area (Å²) in [5.41, 5.74) is 2.14. The van der Waals surface area contributed by atoms with Crippen LogP contribution in [0.4, 0.5) is 0 Å². The Morgan fingerprint density at radius 1 is 1.14 bits per heavy atom. The number of hydrogen-bond acceptors (Lipinski definition) is 3. The van der Waals surface area contributed by atoms with Crippen LogP contribution in [-0.4, -0.2) is 30.7 Å². The molecule has 1 aromatic carbocycles. The van der Waals surface area contributed by atoms with Crippen molar-refractivity contribution in [1.82, 2.24) is 4.90 Å². The fourth-order valence-electron chi connectivity index (χ4n) is 2.30. The lowest BCUT2D eigenvalue weighted by molar-refractivity contribution is -0.125. The van der Waals surface area contributed by atoms with E-state index in [0.29, 0.717) is 0 Å². The Morgan fingerprint density at radius 2 is 1.86 bits per heavy atom. The van der Waals surface area contributed by atoms with Crippen LogP contribution in [-0.2, 0) is 4.79 Å². The molecule has 0 atom stereocenters. The Bertz CT molecular complexity index is 586. The predicted octanol–water partition coefficient (Wildman–Crippen LogP) is 3.63. The number of carbonyl (C=O) groups excluding carboxylic acids is 1. The monoisotopic (exact) mass is 301 g/mol. The van der Waals surface area contributed by atoms with Gasteiger partial charge in [0.1, 0.15) is 0 Å². The summed E-state index contributed by atoms with van der Waals surface area (Å²) < 4.78 is 10.7. The molecule has 1 aliphatic heterocycles. The van der Waals surface area contributed by atoms with Crippen LogP contribution >= 0.6 is 0 Å². The maximum atomic E-state index is 12.0. The average Bonchev–Trinajstić information content (AvgIpc) is 3.00. The number of ether oxygens (including phenoxy) is 2. The lowest BCUT2D eigenvalue weighted by atomic mass is 10.1. The minimum absolute atomic E-state index is 0.0510. The van der Waals surface area contributed by atoms with Crippen LogP contribution in [0.3, 0.4) is 0 Å². The van der Waals surface area contributed by atoms with Crippen molar-refractivity contribution >= 4 is 12.0 Å². The highest BCUT2D eigenvalue weighted by Gasteiger charge is 2.12. The third-order valence-electron chi connectivity index (χ3n) is 3.67. The van der Waals surface area contributed by atoms with Crippen molar-refractivity contribution in [2.45, 2.75) is 27.2 Å². The highest BCUT2D eigenvalue weighted by atomic mass is 16.7. The van der Waals surface area contributed by atoms with E-state index in [4.69, 9.17) is 9.47 Å². The van der Waals surface area contributed by atoms with Gasteiger partial charge in [-0.2, -0.15) is 0 Å². The molecule has 0 spiro atoms. The molecule has 1 aromatic rings. The molecule has 0 aliphatic carbocycles. The fraction of sp³-hybridized carbons (Fsp3) is 0.389. The highest BCUT2D eigenvalue weighted by molar-refractivity contribution is 5.88. The largest absolute Gasteiger partial charge is 0.454 e. The molecular weight excluding hydrogens is 278 g/mol. The number of allylic oxidation sites excluding steroid dienone is 2. The first-order valence-electron chi connectivity index (χ1n) is 7.75. The molecule has 1 amide bonds. The molecule has 1 heterocycles. The smallest absolute Gasteiger partial charge is 0.246 e. The molecule has 4 nitrogen and oxygen atoms in total. The van der Waals surface area contributed by atoms with E-state index in [1.165, 1.54) is 0 Å². The molecule has 0 saturated carbocycles. The first-order chi connectivity index (χ1) is 10.7. The van der Waals surface area contributed by atoms with Gasteiger partial charge in [0, 0.05) is 19.2 Å². The number of benzene rings is 1. The Hall–Kier alpha value is -2.23. The zero-order chi connectivity index (χ0) is 15.9. The van der Waals surface area contributed by atoms with Gasteiger partial charge < -0.3 is 14.4 Å². The SMILES string of the molecule is CCC(C=CC(=O)N(CC)CC)=Cc1ccc2c(c1)OCO2. The molecule has 118 valence electrons. The van der Waals surface area contributed by atoms with E-state index in [-0.39, 0.29) is 12.7 Å². The third kappa shape index (κ3) is 3.91. The zero-order valence-electron chi connectivity index (χ0n) is 13.5. The van der Waals surface area contributed by atoms with Crippen LogP contribution in [0.5, 0.6) is 11.5 Å². The summed E-state index contributed by atoms with van der Waals surface area (Å²) in [6, 6.07) is 5.85. The van der Waals surface area contributed by atoms with Gasteiger partial charge in [-0.25, -0.2) is 0 Å². The summed E-state index contributed by atoms with van der Waals surface area (Å²) in [5.74, 6) is 1.60. The van der Waals surface area contributed by atoms with Gasteiger partial charge in [0.25, 0.3) is 0 Å². The van der Waals surface area contributed by atoms with Crippen LogP contribution in [0.25, 0.3) is 6.08 Å². The lowest BCUT2D eigenvalue weighted by Gasteiger charge is -2.15. The molecule has 0 unspecified atom stereocenters. The van der Waals surface area contributed by atoms with Crippen molar-refractivity contribution in [3.63, 3.8) is 0 Å². The summed E-state index contributed by atoms with van der Waals surface area (Å²) in [7, 11) is 0. The summed E-state index contributed by atoms with van der Waals surface area (Å²) in [6.07, 6.45) is 6.46. The maximum Gasteiger partial charge on any atom is 0.246 e. The number of hydrogen-bond donors (Lipinski definition) is 0. The van der Waals surface area contributed by atoms with Gasteiger partial charge in [-0.15, -0.1) is 0 Å². The van der Waals surface area contributed by atoms with Crippen LogP contribution in [0.2, 0.25) is 0 Å². The van der Waals surface area contributed by atoms with Crippen molar-refractivity contribution in [2.75, 3.05) is 19.9 Å². The maximum absolute atomic E-state index is 12.0. The van der Waals surface area contributed by atoms with Crippen molar-refractivity contribution in [3.8, 4) is 11.5 Å². The van der Waals surface area contributed by atoms with E-state index in [1.807, 2.05) is 38.1 Å². The molecule has 4 heteroatoms. The first-order valence-corrected chi connectivity index (χ1v) is 7.75. The van der Waals surface area contributed by atoms with Gasteiger partial charge in [-0.3, -0.25) is 4.79 Å². The quantitative estimate of drug-likeness (QED) is 0.595. The number of nitrogens with zero attached hydrogens (tertiary/aromatic N) is 1. The van der Waals surface area contributed by atoms with E-state index in [9.17, 15) is 4.79 Å². The average molecular weight is 301 g/mol. The number of rotatable bonds is 6. The van der Waals surface area contributed by atoms with Crippen LogP contribution in [0.1, 0.15) is 32.8 Å². The fourth-order valence-corrected chi connectivity index (χ4v) is 2.30. The molecular formula is C18H23NO3. The van der Waals surface area contributed by atoms with Gasteiger partial charge in [-0.05, 0) is 43.5 Å². The van der Waals surface area contributed by atoms with Gasteiger partial charge in [0.2, 0.25) is 12.7 Å². The van der Waals surface area contributed by atoms with Gasteiger partial charge in [-0.1, -0.05) is 25.1 Å². The first kappa shape index (κ1) is 16.1. The zero-order valence-corrected chi connectivity index (χ0v) is 13.5. The van der Waals surface area contributed by atoms with Crippen LogP contribution < -0.4 is 9.47 Å². The van der Waals surface area contributed by atoms with Gasteiger partial charge in [0.05, 0.1) is 0 Å². The topological polar surface area (TPSA) is 38.8 Å². The number of fused-ring (bicyclic) bond motifs is 1. The van der Waals surface area contributed by atoms with E-state index in [0.717, 1.165) is 42.1 Å². The summed E-state index contributed by atoms with van der Waals surface area (Å²) >= 11 is 0. The number of carbonyl (C=O) groups is 1. The molecule has 0 saturated heterocycles. The second-order valence-electron chi connectivity index (χ2n) is 5.03. The molecule has 0 bridgehead atoms. The standard InChI is InChI=1S/C18H23NO3/c1-4-14(8-10-18(20)19(5-2)6-3)11-15-7-9-16-17(12-15)22-13-21-16/h7-12H,4-6,13H2,1-3H3. The second kappa shape index (κ2) is 7.69. The molecule has 0 radical (unpaired) electrons. The number of likely N-dealkylation sites (N-methyl/N-ethyl adjacent to an activating group) is 1. The minimum Gasteiger partial charge on any atom is -0.454 e. The normalized spacial score (nSPS) is 13.7. The van der Waals surface area contributed by atoms with E-state index in [2.05, 4.69) is 13.0 Å². The van der Waals surface area contributed by atoms with Crippen LogP contribution in [0.15, 0.2) is 35.9 Å². The summed E-state index contributed by atoms with van der Waals surface area (Å²) in [5, 5.41) is 0. The van der Waals surface area contributed by atoms with Crippen molar-refractivity contribution < 1.29 is 14.3 Å². The van der Waals surface area contributed by atoms with E-state index < -0.39 is 0 Å². The highest BCUT2D eigenvalue weighted by Crippen LogP contribution is 2.33. The van der Waals surface area contributed by atoms with Crippen molar-refractivity contribution in [1.29, 1.82) is 0 Å². The predicted molar refractivity (Wildman–Crippen MR) is 87.9 cm³/mol. The van der Waals surface area contributed by atoms with Crippen molar-refractivity contribution in [2.24, 2.45) is 0 Å². The Kier molecular flexibility index (Phi) is 5.64. The molecule has 0 N–H and O–H groups in total. The molecule has 22 heavy (non-hydrogen) atoms. The van der Waals surface area contributed by atoms with Gasteiger partial charge >= 0.3 is 0 Å². The van der Waals surface area contributed by atoms with E-state index in [1.54, 1.807) is 11.0 Å². The molecule has 2 rings (SSSR count). The second-order valence-corrected chi connectivity index (χ2v) is 5.03. The summed E-state index contributed by atoms with van der Waals surface area (Å²) in [4.78, 5) is 13.8. The summed E-state index contributed by atoms with van der Waals surface area (Å²) in [6.45, 7) is 7.78. The molecule has 0 aromatic heterocycles. The Labute approximate surface area is 132 Å². The minimum atomic E-state index is 0.0510. The van der Waals surface area contributed by atoms with Crippen molar-refractivity contribution in [3.05, 3.63) is 41.5 Å². The Morgan fingerprint density at radius 3 is 2.55 bits per heavy atom.